The first-order chi connectivity index (χ1) is 7.95. The molecule has 3 N–H and O–H groups in total. The molecular formula is C9H16N2O5S. The van der Waals surface area contributed by atoms with Gasteiger partial charge >= 0.3 is 12.0 Å². The molecule has 0 aromatic heterocycles. The van der Waals surface area contributed by atoms with Crippen LogP contribution in [0, 0.1) is 0 Å². The van der Waals surface area contributed by atoms with E-state index in [0.717, 1.165) is 0 Å². The third kappa shape index (κ3) is 9.64. The average molecular weight is 264 g/mol. The van der Waals surface area contributed by atoms with E-state index in [0.29, 0.717) is 6.54 Å². The lowest BCUT2D eigenvalue weighted by atomic mass is 10.5. The first-order valence-corrected chi connectivity index (χ1v) is 6.14. The predicted octanol–water partition coefficient (Wildman–Crippen LogP) is -0.335. The molecule has 98 valence electrons. The molecular weight excluding hydrogens is 248 g/mol. The van der Waals surface area contributed by atoms with Gasteiger partial charge in [-0.1, -0.05) is 6.92 Å². The van der Waals surface area contributed by atoms with E-state index >= 15 is 0 Å². The Kier molecular flexibility index (Phi) is 8.16. The molecule has 0 saturated heterocycles. The summed E-state index contributed by atoms with van der Waals surface area (Å²) < 4.78 is 4.51. The van der Waals surface area contributed by atoms with Crippen LogP contribution in [0.2, 0.25) is 0 Å². The number of carbonyl (C=O) groups is 3. The maximum atomic E-state index is 11.1. The van der Waals surface area contributed by atoms with E-state index < -0.39 is 31.1 Å². The SMILES string of the molecule is CSC(C)CNC(=O)NC(=O)COCC(=O)O. The van der Waals surface area contributed by atoms with Crippen molar-refractivity contribution >= 4 is 29.7 Å². The zero-order valence-electron chi connectivity index (χ0n) is 9.69. The molecule has 0 aliphatic heterocycles. The molecule has 0 heterocycles. The van der Waals surface area contributed by atoms with Crippen molar-refractivity contribution in [1.29, 1.82) is 0 Å². The Bertz CT molecular complexity index is 285. The summed E-state index contributed by atoms with van der Waals surface area (Å²) in [6.45, 7) is 1.34. The van der Waals surface area contributed by atoms with E-state index in [1.165, 1.54) is 0 Å². The summed E-state index contributed by atoms with van der Waals surface area (Å²) in [6.07, 6.45) is 1.91. The van der Waals surface area contributed by atoms with Crippen LogP contribution in [-0.2, 0) is 14.3 Å². The molecule has 1 unspecified atom stereocenters. The Morgan fingerprint density at radius 2 is 2.00 bits per heavy atom. The summed E-state index contributed by atoms with van der Waals surface area (Å²) in [4.78, 5) is 32.3. The van der Waals surface area contributed by atoms with Crippen LogP contribution in [0.3, 0.4) is 0 Å². The van der Waals surface area contributed by atoms with Gasteiger partial charge in [-0.3, -0.25) is 10.1 Å². The van der Waals surface area contributed by atoms with Gasteiger partial charge in [-0.05, 0) is 6.26 Å². The van der Waals surface area contributed by atoms with Crippen molar-refractivity contribution in [3.8, 4) is 0 Å². The standard InChI is InChI=1S/C9H16N2O5S/c1-6(17-2)3-10-9(15)11-7(12)4-16-5-8(13)14/h6H,3-5H2,1-2H3,(H,13,14)(H2,10,11,12,15). The zero-order chi connectivity index (χ0) is 13.3. The lowest BCUT2D eigenvalue weighted by molar-refractivity contribution is -0.143. The number of ether oxygens (including phenoxy) is 1. The van der Waals surface area contributed by atoms with Gasteiger partial charge in [-0.25, -0.2) is 9.59 Å². The Labute approximate surface area is 103 Å². The Morgan fingerprint density at radius 1 is 1.35 bits per heavy atom. The molecule has 1 atom stereocenters. The fraction of sp³-hybridized carbons (Fsp3) is 0.667. The fourth-order valence-corrected chi connectivity index (χ4v) is 1.01. The molecule has 7 nitrogen and oxygen atoms in total. The van der Waals surface area contributed by atoms with E-state index in [2.05, 4.69) is 10.1 Å². The highest BCUT2D eigenvalue weighted by Gasteiger charge is 2.09. The quantitative estimate of drug-likeness (QED) is 0.581. The Hall–Kier alpha value is -1.28. The maximum Gasteiger partial charge on any atom is 0.329 e. The van der Waals surface area contributed by atoms with Crippen LogP contribution in [0.5, 0.6) is 0 Å². The molecule has 0 bridgehead atoms. The van der Waals surface area contributed by atoms with Gasteiger partial charge in [-0.15, -0.1) is 0 Å². The van der Waals surface area contributed by atoms with Gasteiger partial charge in [0.1, 0.15) is 13.2 Å². The predicted molar refractivity (Wildman–Crippen MR) is 63.0 cm³/mol. The minimum Gasteiger partial charge on any atom is -0.480 e. The molecule has 0 aromatic carbocycles. The first-order valence-electron chi connectivity index (χ1n) is 4.85. The second-order valence-corrected chi connectivity index (χ2v) is 4.47. The van der Waals surface area contributed by atoms with Crippen LogP contribution in [0.25, 0.3) is 0 Å². The van der Waals surface area contributed by atoms with Crippen molar-refractivity contribution in [1.82, 2.24) is 10.6 Å². The van der Waals surface area contributed by atoms with E-state index in [-0.39, 0.29) is 5.25 Å². The second-order valence-electron chi connectivity index (χ2n) is 3.19. The van der Waals surface area contributed by atoms with Crippen LogP contribution in [0.1, 0.15) is 6.92 Å². The van der Waals surface area contributed by atoms with E-state index in [1.807, 2.05) is 18.5 Å². The third-order valence-corrected chi connectivity index (χ3v) is 2.64. The van der Waals surface area contributed by atoms with Gasteiger partial charge in [-0.2, -0.15) is 11.8 Å². The van der Waals surface area contributed by atoms with Crippen LogP contribution in [0.4, 0.5) is 4.79 Å². The highest BCUT2D eigenvalue weighted by Crippen LogP contribution is 2.01. The first kappa shape index (κ1) is 15.7. The number of imide groups is 1. The van der Waals surface area contributed by atoms with Crippen LogP contribution >= 0.6 is 11.8 Å². The molecule has 17 heavy (non-hydrogen) atoms. The number of carboxylic acid groups (broad SMARTS) is 1. The highest BCUT2D eigenvalue weighted by molar-refractivity contribution is 7.99. The largest absolute Gasteiger partial charge is 0.480 e. The third-order valence-electron chi connectivity index (χ3n) is 1.66. The van der Waals surface area contributed by atoms with Crippen molar-refractivity contribution in [3.05, 3.63) is 0 Å². The summed E-state index contributed by atoms with van der Waals surface area (Å²) >= 11 is 1.59. The number of thioether (sulfide) groups is 1. The van der Waals surface area contributed by atoms with Crippen molar-refractivity contribution in [3.63, 3.8) is 0 Å². The minimum absolute atomic E-state index is 0.249. The number of hydrogen-bond donors (Lipinski definition) is 3. The van der Waals surface area contributed by atoms with Gasteiger partial charge in [0, 0.05) is 11.8 Å². The van der Waals surface area contributed by atoms with Gasteiger partial charge in [0.05, 0.1) is 0 Å². The van der Waals surface area contributed by atoms with Crippen LogP contribution in [0.15, 0.2) is 0 Å². The summed E-state index contributed by atoms with van der Waals surface area (Å²) in [7, 11) is 0. The Morgan fingerprint density at radius 3 is 2.53 bits per heavy atom. The van der Waals surface area contributed by atoms with Crippen molar-refractivity contribution in [2.45, 2.75) is 12.2 Å². The molecule has 0 aliphatic rings. The highest BCUT2D eigenvalue weighted by atomic mass is 32.2. The number of nitrogens with one attached hydrogen (secondary N) is 2. The number of rotatable bonds is 7. The maximum absolute atomic E-state index is 11.1. The van der Waals surface area contributed by atoms with E-state index in [1.54, 1.807) is 11.8 Å². The number of carboxylic acids is 1. The normalized spacial score (nSPS) is 11.6. The second kappa shape index (κ2) is 8.82. The molecule has 0 aromatic rings. The van der Waals surface area contributed by atoms with Crippen LogP contribution in [-0.4, -0.2) is 54.3 Å². The number of hydrogen-bond acceptors (Lipinski definition) is 5. The number of amides is 3. The summed E-state index contributed by atoms with van der Waals surface area (Å²) in [5, 5.41) is 13.0. The topological polar surface area (TPSA) is 105 Å². The summed E-state index contributed by atoms with van der Waals surface area (Å²) in [5.74, 6) is -1.85. The fourth-order valence-electron chi connectivity index (χ4n) is 0.758. The molecule has 0 saturated carbocycles. The lowest BCUT2D eigenvalue weighted by Crippen LogP contribution is -2.43. The monoisotopic (exact) mass is 264 g/mol. The average Bonchev–Trinajstić information content (AvgIpc) is 2.25. The van der Waals surface area contributed by atoms with Crippen LogP contribution < -0.4 is 10.6 Å². The van der Waals surface area contributed by atoms with Crippen molar-refractivity contribution in [2.24, 2.45) is 0 Å². The number of urea groups is 1. The minimum atomic E-state index is -1.17. The summed E-state index contributed by atoms with van der Waals surface area (Å²) in [6, 6.07) is -0.616. The van der Waals surface area contributed by atoms with Gasteiger partial charge in [0.2, 0.25) is 0 Å². The molecule has 0 aliphatic carbocycles. The van der Waals surface area contributed by atoms with E-state index in [4.69, 9.17) is 5.11 Å². The Balaban J connectivity index is 3.66. The van der Waals surface area contributed by atoms with Gasteiger partial charge < -0.3 is 15.2 Å². The number of carbonyl (C=O) groups excluding carboxylic acids is 2. The van der Waals surface area contributed by atoms with Crippen molar-refractivity contribution in [2.75, 3.05) is 26.0 Å². The van der Waals surface area contributed by atoms with Crippen molar-refractivity contribution < 1.29 is 24.2 Å². The molecule has 3 amide bonds. The van der Waals surface area contributed by atoms with E-state index in [9.17, 15) is 14.4 Å². The summed E-state index contributed by atoms with van der Waals surface area (Å²) in [5.41, 5.74) is 0. The lowest BCUT2D eigenvalue weighted by Gasteiger charge is -2.10. The molecule has 0 rings (SSSR count). The molecule has 0 spiro atoms. The number of aliphatic carboxylic acids is 1. The van der Waals surface area contributed by atoms with Gasteiger partial charge in [0.25, 0.3) is 5.91 Å². The molecule has 0 radical (unpaired) electrons. The molecule has 8 heteroatoms. The zero-order valence-corrected chi connectivity index (χ0v) is 10.5. The van der Waals surface area contributed by atoms with Gasteiger partial charge in [0.15, 0.2) is 0 Å². The smallest absolute Gasteiger partial charge is 0.329 e. The molecule has 0 fully saturated rings.